The van der Waals surface area contributed by atoms with Crippen molar-refractivity contribution in [1.29, 1.82) is 0 Å². The Morgan fingerprint density at radius 3 is 2.67 bits per heavy atom. The molecule has 3 aromatic rings. The quantitative estimate of drug-likeness (QED) is 0.461. The molecule has 0 saturated carbocycles. The first-order chi connectivity index (χ1) is 17.3. The lowest BCUT2D eigenvalue weighted by Gasteiger charge is -2.32. The van der Waals surface area contributed by atoms with Crippen LogP contribution in [0.25, 0.3) is 10.9 Å². The van der Waals surface area contributed by atoms with Crippen LogP contribution in [-0.4, -0.2) is 79.3 Å². The van der Waals surface area contributed by atoms with Gasteiger partial charge in [0.15, 0.2) is 11.5 Å². The zero-order valence-corrected chi connectivity index (χ0v) is 21.3. The standard InChI is InChI=1S/C25H30ClFN6O3/c1-32(2)25(34)28-8-11-33-9-6-17(7-10-33)36-23-13-18-21(14-22(23)35-3)29-15-30-24(18)31-16-4-5-20(27)19(26)12-16/h4-5,12-15,17H,6-11H2,1-3H3,(H,28,34)(H,29,30,31). The Kier molecular flexibility index (Phi) is 8.27. The van der Waals surface area contributed by atoms with Crippen LogP contribution in [0.1, 0.15) is 12.8 Å². The van der Waals surface area contributed by atoms with E-state index in [1.807, 2.05) is 12.1 Å². The second-order valence-electron chi connectivity index (χ2n) is 8.78. The predicted octanol–water partition coefficient (Wildman–Crippen LogP) is 4.29. The number of ether oxygens (including phenoxy) is 2. The molecule has 192 valence electrons. The van der Waals surface area contributed by atoms with Crippen LogP contribution in [0.3, 0.4) is 0 Å². The molecule has 1 aliphatic heterocycles. The Balaban J connectivity index is 1.44. The van der Waals surface area contributed by atoms with Crippen molar-refractivity contribution in [1.82, 2.24) is 25.1 Å². The molecule has 0 radical (unpaired) electrons. The van der Waals surface area contributed by atoms with E-state index in [0.29, 0.717) is 35.1 Å². The number of carbonyl (C=O) groups is 1. The highest BCUT2D eigenvalue weighted by molar-refractivity contribution is 6.31. The molecule has 1 aliphatic rings. The first-order valence-corrected chi connectivity index (χ1v) is 12.1. The molecule has 36 heavy (non-hydrogen) atoms. The van der Waals surface area contributed by atoms with Gasteiger partial charge < -0.3 is 29.9 Å². The van der Waals surface area contributed by atoms with Crippen LogP contribution in [0.5, 0.6) is 11.5 Å². The molecule has 1 saturated heterocycles. The largest absolute Gasteiger partial charge is 0.493 e. The van der Waals surface area contributed by atoms with Gasteiger partial charge in [-0.3, -0.25) is 0 Å². The van der Waals surface area contributed by atoms with Crippen LogP contribution in [0.2, 0.25) is 5.02 Å². The van der Waals surface area contributed by atoms with E-state index in [0.717, 1.165) is 37.9 Å². The molecule has 2 aromatic carbocycles. The smallest absolute Gasteiger partial charge is 0.316 e. The van der Waals surface area contributed by atoms with Crippen molar-refractivity contribution in [2.45, 2.75) is 18.9 Å². The highest BCUT2D eigenvalue weighted by Gasteiger charge is 2.22. The average molecular weight is 517 g/mol. The number of fused-ring (bicyclic) bond motifs is 1. The van der Waals surface area contributed by atoms with Gasteiger partial charge in [-0.15, -0.1) is 0 Å². The third-order valence-electron chi connectivity index (χ3n) is 6.04. The molecule has 2 heterocycles. The third kappa shape index (κ3) is 6.24. The Bertz CT molecular complexity index is 1220. The first-order valence-electron chi connectivity index (χ1n) is 11.7. The number of benzene rings is 2. The fraction of sp³-hybridized carbons (Fsp3) is 0.400. The summed E-state index contributed by atoms with van der Waals surface area (Å²) < 4.78 is 25.5. The molecule has 4 rings (SSSR count). The summed E-state index contributed by atoms with van der Waals surface area (Å²) in [7, 11) is 5.05. The number of anilines is 2. The topological polar surface area (TPSA) is 91.9 Å². The highest BCUT2D eigenvalue weighted by Crippen LogP contribution is 2.36. The van der Waals surface area contributed by atoms with E-state index in [2.05, 4.69) is 25.5 Å². The Morgan fingerprint density at radius 2 is 1.97 bits per heavy atom. The summed E-state index contributed by atoms with van der Waals surface area (Å²) in [5, 5.41) is 6.84. The maximum Gasteiger partial charge on any atom is 0.316 e. The third-order valence-corrected chi connectivity index (χ3v) is 6.33. The van der Waals surface area contributed by atoms with Crippen molar-refractivity contribution in [3.8, 4) is 11.5 Å². The minimum Gasteiger partial charge on any atom is -0.493 e. The number of piperidine rings is 1. The number of methoxy groups -OCH3 is 1. The fourth-order valence-electron chi connectivity index (χ4n) is 4.04. The summed E-state index contributed by atoms with van der Waals surface area (Å²) in [6, 6.07) is 8.00. The summed E-state index contributed by atoms with van der Waals surface area (Å²) in [6.45, 7) is 3.15. The van der Waals surface area contributed by atoms with Gasteiger partial charge >= 0.3 is 6.03 Å². The fourth-order valence-corrected chi connectivity index (χ4v) is 4.22. The van der Waals surface area contributed by atoms with Gasteiger partial charge in [-0.1, -0.05) is 11.6 Å². The molecule has 0 atom stereocenters. The van der Waals surface area contributed by atoms with E-state index < -0.39 is 5.82 Å². The minimum absolute atomic E-state index is 0.0236. The SMILES string of the molecule is COc1cc2ncnc(Nc3ccc(F)c(Cl)c3)c2cc1OC1CCN(CCNC(=O)N(C)C)CC1. The van der Waals surface area contributed by atoms with Crippen molar-refractivity contribution in [3.05, 3.63) is 47.5 Å². The number of nitrogens with zero attached hydrogens (tertiary/aromatic N) is 4. The predicted molar refractivity (Wildman–Crippen MR) is 138 cm³/mol. The van der Waals surface area contributed by atoms with E-state index in [1.165, 1.54) is 23.4 Å². The number of urea groups is 1. The van der Waals surface area contributed by atoms with Crippen LogP contribution in [-0.2, 0) is 0 Å². The molecule has 0 unspecified atom stereocenters. The molecular weight excluding hydrogens is 487 g/mol. The van der Waals surface area contributed by atoms with Gasteiger partial charge in [0, 0.05) is 57.4 Å². The summed E-state index contributed by atoms with van der Waals surface area (Å²) in [4.78, 5) is 24.2. The Hall–Kier alpha value is -3.37. The Labute approximate surface area is 214 Å². The molecule has 1 fully saturated rings. The van der Waals surface area contributed by atoms with Gasteiger partial charge in [-0.25, -0.2) is 19.2 Å². The van der Waals surface area contributed by atoms with Gasteiger partial charge in [0.05, 0.1) is 17.6 Å². The molecule has 0 spiro atoms. The number of hydrogen-bond acceptors (Lipinski definition) is 7. The van der Waals surface area contributed by atoms with E-state index in [9.17, 15) is 9.18 Å². The summed E-state index contributed by atoms with van der Waals surface area (Å²) in [5.74, 6) is 1.26. The van der Waals surface area contributed by atoms with Crippen molar-refractivity contribution < 1.29 is 18.7 Å². The summed E-state index contributed by atoms with van der Waals surface area (Å²) in [5.41, 5.74) is 1.29. The van der Waals surface area contributed by atoms with E-state index in [1.54, 1.807) is 27.3 Å². The second kappa shape index (κ2) is 11.6. The number of likely N-dealkylation sites (tertiary alicyclic amines) is 1. The van der Waals surface area contributed by atoms with E-state index in [4.69, 9.17) is 21.1 Å². The first kappa shape index (κ1) is 25.7. The molecule has 0 bridgehead atoms. The highest BCUT2D eigenvalue weighted by atomic mass is 35.5. The lowest BCUT2D eigenvalue weighted by molar-refractivity contribution is 0.0986. The maximum atomic E-state index is 13.6. The number of halogens is 2. The maximum absolute atomic E-state index is 13.6. The van der Waals surface area contributed by atoms with E-state index in [-0.39, 0.29) is 17.2 Å². The van der Waals surface area contributed by atoms with Gasteiger partial charge in [-0.05, 0) is 37.1 Å². The van der Waals surface area contributed by atoms with Gasteiger partial charge in [0.2, 0.25) is 0 Å². The minimum atomic E-state index is -0.487. The Morgan fingerprint density at radius 1 is 1.19 bits per heavy atom. The zero-order valence-electron chi connectivity index (χ0n) is 20.6. The van der Waals surface area contributed by atoms with Gasteiger partial charge in [-0.2, -0.15) is 0 Å². The number of hydrogen-bond donors (Lipinski definition) is 2. The van der Waals surface area contributed by atoms with Crippen LogP contribution in [0, 0.1) is 5.82 Å². The summed E-state index contributed by atoms with van der Waals surface area (Å²) in [6.07, 6.45) is 3.19. The van der Waals surface area contributed by atoms with Gasteiger partial charge in [0.25, 0.3) is 0 Å². The monoisotopic (exact) mass is 516 g/mol. The summed E-state index contributed by atoms with van der Waals surface area (Å²) >= 11 is 5.93. The second-order valence-corrected chi connectivity index (χ2v) is 9.19. The van der Waals surface area contributed by atoms with Crippen molar-refractivity contribution in [3.63, 3.8) is 0 Å². The molecule has 2 amide bonds. The number of nitrogens with one attached hydrogen (secondary N) is 2. The van der Waals surface area contributed by atoms with Crippen molar-refractivity contribution in [2.75, 3.05) is 52.7 Å². The lowest BCUT2D eigenvalue weighted by atomic mass is 10.1. The normalized spacial score (nSPS) is 14.5. The molecule has 11 heteroatoms. The van der Waals surface area contributed by atoms with Crippen molar-refractivity contribution >= 4 is 40.0 Å². The molecule has 0 aliphatic carbocycles. The number of carbonyl (C=O) groups excluding carboxylic acids is 1. The molecular formula is C25H30ClFN6O3. The molecule has 2 N–H and O–H groups in total. The molecule has 1 aromatic heterocycles. The number of aromatic nitrogens is 2. The van der Waals surface area contributed by atoms with Crippen LogP contribution in [0.4, 0.5) is 20.7 Å². The van der Waals surface area contributed by atoms with Crippen LogP contribution < -0.4 is 20.1 Å². The number of rotatable bonds is 8. The molecule has 9 nitrogen and oxygen atoms in total. The number of amides is 2. The van der Waals surface area contributed by atoms with Crippen LogP contribution >= 0.6 is 11.6 Å². The average Bonchev–Trinajstić information content (AvgIpc) is 2.87. The van der Waals surface area contributed by atoms with Crippen molar-refractivity contribution in [2.24, 2.45) is 0 Å². The zero-order chi connectivity index (χ0) is 25.7. The van der Waals surface area contributed by atoms with E-state index >= 15 is 0 Å². The van der Waals surface area contributed by atoms with Gasteiger partial charge in [0.1, 0.15) is 24.1 Å². The van der Waals surface area contributed by atoms with Crippen LogP contribution in [0.15, 0.2) is 36.7 Å². The lowest BCUT2D eigenvalue weighted by Crippen LogP contribution is -2.43.